The molecule has 0 nitrogen and oxygen atoms in total. The molecule has 0 radical (unpaired) electrons. The van der Waals surface area contributed by atoms with Gasteiger partial charge in [0.05, 0.1) is 0 Å². The van der Waals surface area contributed by atoms with Crippen LogP contribution in [0.3, 0.4) is 0 Å². The van der Waals surface area contributed by atoms with Crippen molar-refractivity contribution in [2.75, 3.05) is 0 Å². The number of hydrogen-bond donors (Lipinski definition) is 0. The first-order chi connectivity index (χ1) is 12.8. The van der Waals surface area contributed by atoms with E-state index in [0.29, 0.717) is 0 Å². The quantitative estimate of drug-likeness (QED) is 0.470. The Kier molecular flexibility index (Phi) is 11.3. The van der Waals surface area contributed by atoms with Crippen LogP contribution in [0.25, 0.3) is 0 Å². The molecule has 2 rings (SSSR count). The maximum Gasteiger partial charge on any atom is -0.0250 e. The molecule has 4 atom stereocenters. The van der Waals surface area contributed by atoms with Crippen LogP contribution in [-0.4, -0.2) is 0 Å². The van der Waals surface area contributed by atoms with E-state index in [4.69, 9.17) is 0 Å². The summed E-state index contributed by atoms with van der Waals surface area (Å²) in [5.41, 5.74) is 9.01. The molecular formula is C29H54. The zero-order valence-corrected chi connectivity index (χ0v) is 21.5. The van der Waals surface area contributed by atoms with Gasteiger partial charge in [0.25, 0.3) is 0 Å². The molecule has 0 heterocycles. The maximum absolute atomic E-state index is 2.46. The van der Waals surface area contributed by atoms with Gasteiger partial charge in [-0.05, 0) is 122 Å². The minimum Gasteiger partial charge on any atom is -0.0776 e. The number of benzene rings is 1. The summed E-state index contributed by atoms with van der Waals surface area (Å²) in [6, 6.07) is 0. The average molecular weight is 403 g/mol. The molecule has 0 heteroatoms. The highest BCUT2D eigenvalue weighted by Crippen LogP contribution is 2.47. The SMILES string of the molecule is C.CC(C)CC1C(C)C(C)C(C)C1C.Cc1c(C)c(C)c(CC(C)C)c(C)c1C. The average Bonchev–Trinajstić information content (AvgIpc) is 2.80. The van der Waals surface area contributed by atoms with Crippen molar-refractivity contribution in [3.8, 4) is 0 Å². The summed E-state index contributed by atoms with van der Waals surface area (Å²) >= 11 is 0. The smallest absolute Gasteiger partial charge is 0.0250 e. The molecular weight excluding hydrogens is 348 g/mol. The van der Waals surface area contributed by atoms with Crippen molar-refractivity contribution in [3.05, 3.63) is 33.4 Å². The van der Waals surface area contributed by atoms with E-state index in [1.807, 2.05) is 0 Å². The molecule has 0 aromatic heterocycles. The molecule has 1 aromatic rings. The van der Waals surface area contributed by atoms with Crippen LogP contribution in [-0.2, 0) is 6.42 Å². The van der Waals surface area contributed by atoms with Crippen molar-refractivity contribution in [1.82, 2.24) is 0 Å². The fourth-order valence-electron chi connectivity index (χ4n) is 5.48. The Morgan fingerprint density at radius 1 is 0.552 bits per heavy atom. The molecule has 29 heavy (non-hydrogen) atoms. The van der Waals surface area contributed by atoms with Crippen LogP contribution in [0.5, 0.6) is 0 Å². The molecule has 4 unspecified atom stereocenters. The van der Waals surface area contributed by atoms with Gasteiger partial charge in [0, 0.05) is 0 Å². The lowest BCUT2D eigenvalue weighted by molar-refractivity contribution is 0.267. The van der Waals surface area contributed by atoms with E-state index in [1.165, 1.54) is 40.7 Å². The first-order valence-corrected chi connectivity index (χ1v) is 11.9. The van der Waals surface area contributed by atoms with Crippen LogP contribution in [0.2, 0.25) is 0 Å². The van der Waals surface area contributed by atoms with Crippen molar-refractivity contribution >= 4 is 0 Å². The monoisotopic (exact) mass is 402 g/mol. The molecule has 1 aliphatic rings. The molecule has 1 aliphatic carbocycles. The third-order valence-corrected chi connectivity index (χ3v) is 8.35. The topological polar surface area (TPSA) is 0 Å². The summed E-state index contributed by atoms with van der Waals surface area (Å²) in [5, 5.41) is 0. The third kappa shape index (κ3) is 6.60. The van der Waals surface area contributed by atoms with Gasteiger partial charge in [-0.3, -0.25) is 0 Å². The van der Waals surface area contributed by atoms with E-state index < -0.39 is 0 Å². The summed E-state index contributed by atoms with van der Waals surface area (Å²) in [4.78, 5) is 0. The fraction of sp³-hybridized carbons (Fsp3) is 0.793. The molecule has 0 spiro atoms. The Morgan fingerprint density at radius 3 is 1.21 bits per heavy atom. The van der Waals surface area contributed by atoms with E-state index in [2.05, 4.69) is 90.0 Å². The Balaban J connectivity index is 0.000000527. The standard InChI is InChI=1S/C15H24.C13H26.CH4/c1-9(2)8-15-13(6)11(4)10(3)12(5)14(15)7;1-8(2)7-13-11(5)9(3)10(4)12(13)6;/h9H,8H2,1-7H3;8-13H,7H2,1-6H3;1H4. The van der Waals surface area contributed by atoms with E-state index in [9.17, 15) is 0 Å². The van der Waals surface area contributed by atoms with Crippen molar-refractivity contribution in [2.24, 2.45) is 41.4 Å². The van der Waals surface area contributed by atoms with Gasteiger partial charge in [0.15, 0.2) is 0 Å². The first kappa shape index (κ1) is 28.2. The molecule has 1 saturated carbocycles. The van der Waals surface area contributed by atoms with Crippen LogP contribution in [0, 0.1) is 76.0 Å². The van der Waals surface area contributed by atoms with Gasteiger partial charge in [-0.1, -0.05) is 62.8 Å². The van der Waals surface area contributed by atoms with Gasteiger partial charge in [-0.15, -0.1) is 0 Å². The Morgan fingerprint density at radius 2 is 0.897 bits per heavy atom. The van der Waals surface area contributed by atoms with Crippen molar-refractivity contribution in [1.29, 1.82) is 0 Å². The highest BCUT2D eigenvalue weighted by atomic mass is 14.5. The van der Waals surface area contributed by atoms with Crippen molar-refractivity contribution < 1.29 is 0 Å². The largest absolute Gasteiger partial charge is 0.0776 e. The van der Waals surface area contributed by atoms with Crippen molar-refractivity contribution in [3.63, 3.8) is 0 Å². The van der Waals surface area contributed by atoms with Gasteiger partial charge in [-0.2, -0.15) is 0 Å². The minimum atomic E-state index is 0. The molecule has 1 aromatic carbocycles. The first-order valence-electron chi connectivity index (χ1n) is 11.9. The van der Waals surface area contributed by atoms with Crippen LogP contribution in [0.15, 0.2) is 0 Å². The predicted molar refractivity (Wildman–Crippen MR) is 135 cm³/mol. The van der Waals surface area contributed by atoms with Crippen LogP contribution >= 0.6 is 0 Å². The molecule has 1 fully saturated rings. The minimum absolute atomic E-state index is 0. The van der Waals surface area contributed by atoms with Crippen LogP contribution in [0.1, 0.15) is 103 Å². The summed E-state index contributed by atoms with van der Waals surface area (Å²) in [6.07, 6.45) is 2.64. The molecule has 0 saturated heterocycles. The zero-order valence-electron chi connectivity index (χ0n) is 21.5. The van der Waals surface area contributed by atoms with Crippen molar-refractivity contribution in [2.45, 2.75) is 110 Å². The van der Waals surface area contributed by atoms with Crippen LogP contribution in [0.4, 0.5) is 0 Å². The molecule has 0 bridgehead atoms. The Hall–Kier alpha value is -0.780. The molecule has 170 valence electrons. The zero-order chi connectivity index (χ0) is 21.9. The Labute approximate surface area is 185 Å². The van der Waals surface area contributed by atoms with Gasteiger partial charge in [-0.25, -0.2) is 0 Å². The number of hydrogen-bond acceptors (Lipinski definition) is 0. The fourth-order valence-corrected chi connectivity index (χ4v) is 5.48. The van der Waals surface area contributed by atoms with Gasteiger partial charge in [0.2, 0.25) is 0 Å². The van der Waals surface area contributed by atoms with E-state index in [1.54, 1.807) is 5.56 Å². The van der Waals surface area contributed by atoms with Gasteiger partial charge < -0.3 is 0 Å². The lowest BCUT2D eigenvalue weighted by atomic mass is 9.83. The van der Waals surface area contributed by atoms with Gasteiger partial charge >= 0.3 is 0 Å². The van der Waals surface area contributed by atoms with Gasteiger partial charge in [0.1, 0.15) is 0 Å². The van der Waals surface area contributed by atoms with E-state index in [0.717, 1.165) is 41.4 Å². The summed E-state index contributed by atoms with van der Waals surface area (Å²) in [7, 11) is 0. The summed E-state index contributed by atoms with van der Waals surface area (Å²) in [5.74, 6) is 6.32. The van der Waals surface area contributed by atoms with E-state index in [-0.39, 0.29) is 7.43 Å². The Bertz CT molecular complexity index is 591. The molecule has 0 amide bonds. The second kappa shape index (κ2) is 11.6. The third-order valence-electron chi connectivity index (χ3n) is 8.35. The lowest BCUT2D eigenvalue weighted by Crippen LogP contribution is -2.15. The lowest BCUT2D eigenvalue weighted by Gasteiger charge is -2.23. The highest BCUT2D eigenvalue weighted by Gasteiger charge is 2.41. The second-order valence-electron chi connectivity index (χ2n) is 10.9. The molecule has 0 N–H and O–H groups in total. The molecule has 0 aliphatic heterocycles. The summed E-state index contributed by atoms with van der Waals surface area (Å²) < 4.78 is 0. The second-order valence-corrected chi connectivity index (χ2v) is 10.9. The normalized spacial score (nSPS) is 26.4. The predicted octanol–water partition coefficient (Wildman–Crippen LogP) is 9.27. The maximum atomic E-state index is 2.46. The number of rotatable bonds is 4. The summed E-state index contributed by atoms with van der Waals surface area (Å²) in [6.45, 7) is 30.4. The highest BCUT2D eigenvalue weighted by molar-refractivity contribution is 5.49. The van der Waals surface area contributed by atoms with E-state index >= 15 is 0 Å². The van der Waals surface area contributed by atoms with Crippen LogP contribution < -0.4 is 0 Å².